The molecule has 2 aliphatic rings. The Morgan fingerprint density at radius 2 is 1.75 bits per heavy atom. The number of aryl methyl sites for hydroxylation is 1. The van der Waals surface area contributed by atoms with Crippen LogP contribution in [0.15, 0.2) is 18.2 Å². The van der Waals surface area contributed by atoms with Crippen LogP contribution < -0.4 is 4.90 Å². The van der Waals surface area contributed by atoms with E-state index >= 15 is 0 Å². The molecule has 1 aromatic carbocycles. The first-order chi connectivity index (χ1) is 9.28. The third-order valence-corrected chi connectivity index (χ3v) is 4.51. The van der Waals surface area contributed by atoms with E-state index in [-0.39, 0.29) is 40.3 Å². The summed E-state index contributed by atoms with van der Waals surface area (Å²) in [6, 6.07) is 4.83. The van der Waals surface area contributed by atoms with E-state index < -0.39 is 5.97 Å². The molecular weight excluding hydrogens is 258 g/mol. The quantitative estimate of drug-likeness (QED) is 0.834. The zero-order valence-corrected chi connectivity index (χ0v) is 11.5. The Bertz CT molecular complexity index is 638. The van der Waals surface area contributed by atoms with Crippen LogP contribution in [0.1, 0.15) is 29.8 Å². The highest BCUT2D eigenvalue weighted by Gasteiger charge is 2.72. The highest BCUT2D eigenvalue weighted by molar-refractivity contribution is 6.27. The van der Waals surface area contributed by atoms with Crippen molar-refractivity contribution >= 4 is 23.5 Å². The van der Waals surface area contributed by atoms with Crippen LogP contribution in [0.2, 0.25) is 0 Å². The van der Waals surface area contributed by atoms with Gasteiger partial charge in [-0.15, -0.1) is 0 Å². The molecule has 3 rings (SSSR count). The van der Waals surface area contributed by atoms with Crippen molar-refractivity contribution in [3.63, 3.8) is 0 Å². The van der Waals surface area contributed by atoms with E-state index in [4.69, 9.17) is 0 Å². The van der Waals surface area contributed by atoms with Gasteiger partial charge in [-0.3, -0.25) is 9.59 Å². The number of anilines is 1. The van der Waals surface area contributed by atoms with Gasteiger partial charge in [-0.25, -0.2) is 9.69 Å². The summed E-state index contributed by atoms with van der Waals surface area (Å²) < 4.78 is 0. The summed E-state index contributed by atoms with van der Waals surface area (Å²) in [5.74, 6) is -2.30. The number of nitrogens with zero attached hydrogens (tertiary/aromatic N) is 1. The van der Waals surface area contributed by atoms with Gasteiger partial charge in [0.1, 0.15) is 0 Å². The minimum absolute atomic E-state index is 0.0216. The summed E-state index contributed by atoms with van der Waals surface area (Å²) >= 11 is 0. The van der Waals surface area contributed by atoms with Gasteiger partial charge in [0.25, 0.3) is 0 Å². The molecule has 5 nitrogen and oxygen atoms in total. The number of carbonyl (C=O) groups excluding carboxylic acids is 2. The summed E-state index contributed by atoms with van der Waals surface area (Å²) in [6.45, 7) is 5.44. The third-order valence-electron chi connectivity index (χ3n) is 4.51. The van der Waals surface area contributed by atoms with E-state index in [1.165, 1.54) is 6.07 Å². The van der Waals surface area contributed by atoms with Crippen LogP contribution in [0.25, 0.3) is 0 Å². The Morgan fingerprint density at radius 3 is 2.25 bits per heavy atom. The molecule has 0 radical (unpaired) electrons. The van der Waals surface area contributed by atoms with E-state index in [0.29, 0.717) is 5.56 Å². The summed E-state index contributed by atoms with van der Waals surface area (Å²) in [6.07, 6.45) is 0. The highest BCUT2D eigenvalue weighted by Crippen LogP contribution is 2.63. The normalized spacial score (nSPS) is 26.6. The molecule has 1 aliphatic carbocycles. The maximum atomic E-state index is 12.4. The molecule has 2 unspecified atom stereocenters. The number of fused-ring (bicyclic) bond motifs is 1. The first kappa shape index (κ1) is 12.8. The number of imide groups is 1. The second-order valence-electron chi connectivity index (χ2n) is 6.06. The Morgan fingerprint density at radius 1 is 1.20 bits per heavy atom. The number of piperidine rings is 1. The number of carboxylic acid groups (broad SMARTS) is 1. The van der Waals surface area contributed by atoms with Crippen LogP contribution in [0.3, 0.4) is 0 Å². The monoisotopic (exact) mass is 273 g/mol. The van der Waals surface area contributed by atoms with Gasteiger partial charge >= 0.3 is 5.97 Å². The number of hydrogen-bond donors (Lipinski definition) is 1. The van der Waals surface area contributed by atoms with E-state index in [9.17, 15) is 19.5 Å². The molecule has 1 heterocycles. The van der Waals surface area contributed by atoms with Gasteiger partial charge in [-0.05, 0) is 24.0 Å². The number of carboxylic acids is 1. The fraction of sp³-hybridized carbons (Fsp3) is 0.400. The number of aromatic carboxylic acids is 1. The second kappa shape index (κ2) is 3.69. The van der Waals surface area contributed by atoms with Gasteiger partial charge in [0.15, 0.2) is 0 Å². The van der Waals surface area contributed by atoms with Gasteiger partial charge in [-0.1, -0.05) is 26.0 Å². The van der Waals surface area contributed by atoms with Crippen LogP contribution in [0.4, 0.5) is 5.69 Å². The number of carbonyl (C=O) groups is 3. The van der Waals surface area contributed by atoms with Gasteiger partial charge in [0.05, 0.1) is 23.1 Å². The van der Waals surface area contributed by atoms with Gasteiger partial charge in [-0.2, -0.15) is 0 Å². The van der Waals surface area contributed by atoms with Crippen molar-refractivity contribution < 1.29 is 19.5 Å². The molecular formula is C15H15NO4. The average Bonchev–Trinajstić information content (AvgIpc) is 2.79. The van der Waals surface area contributed by atoms with Crippen LogP contribution in [-0.4, -0.2) is 22.9 Å². The molecule has 1 saturated carbocycles. The van der Waals surface area contributed by atoms with Crippen molar-refractivity contribution in [3.8, 4) is 0 Å². The maximum absolute atomic E-state index is 12.4. The zero-order valence-electron chi connectivity index (χ0n) is 11.5. The fourth-order valence-electron chi connectivity index (χ4n) is 3.30. The SMILES string of the molecule is Cc1cccc(N2C(=O)C3C(C2=O)C3(C)C)c1C(=O)O. The van der Waals surface area contributed by atoms with E-state index in [1.807, 2.05) is 13.8 Å². The molecule has 0 bridgehead atoms. The molecule has 0 spiro atoms. The maximum Gasteiger partial charge on any atom is 0.338 e. The molecule has 1 aliphatic heterocycles. The first-order valence-electron chi connectivity index (χ1n) is 6.49. The predicted molar refractivity (Wildman–Crippen MR) is 71.4 cm³/mol. The molecule has 0 aromatic heterocycles. The highest BCUT2D eigenvalue weighted by atomic mass is 16.4. The molecule has 1 N–H and O–H groups in total. The van der Waals surface area contributed by atoms with Crippen molar-refractivity contribution in [2.75, 3.05) is 4.90 Å². The predicted octanol–water partition coefficient (Wildman–Crippen LogP) is 1.84. The number of rotatable bonds is 2. The lowest BCUT2D eigenvalue weighted by molar-refractivity contribution is -0.125. The lowest BCUT2D eigenvalue weighted by atomic mass is 10.0. The molecule has 104 valence electrons. The standard InChI is InChI=1S/C15H15NO4/c1-7-5-4-6-8(9(7)14(19)20)16-12(17)10-11(13(16)18)15(10,2)3/h4-6,10-11H,1-3H3,(H,19,20). The Labute approximate surface area is 116 Å². The molecule has 2 fully saturated rings. The molecule has 1 aromatic rings. The van der Waals surface area contributed by atoms with Crippen molar-refractivity contribution in [2.45, 2.75) is 20.8 Å². The molecule has 2 atom stereocenters. The van der Waals surface area contributed by atoms with Crippen molar-refractivity contribution in [1.82, 2.24) is 0 Å². The van der Waals surface area contributed by atoms with Crippen molar-refractivity contribution in [3.05, 3.63) is 29.3 Å². The van der Waals surface area contributed by atoms with E-state index in [0.717, 1.165) is 4.90 Å². The van der Waals surface area contributed by atoms with Crippen LogP contribution in [0, 0.1) is 24.2 Å². The summed E-state index contributed by atoms with van der Waals surface area (Å²) in [7, 11) is 0. The molecule has 2 amide bonds. The summed E-state index contributed by atoms with van der Waals surface area (Å²) in [4.78, 5) is 37.2. The summed E-state index contributed by atoms with van der Waals surface area (Å²) in [5.41, 5.74) is 0.456. The van der Waals surface area contributed by atoms with Crippen LogP contribution in [0.5, 0.6) is 0 Å². The Balaban J connectivity index is 2.09. The molecule has 5 heteroatoms. The number of benzene rings is 1. The molecule has 20 heavy (non-hydrogen) atoms. The Kier molecular flexibility index (Phi) is 2.37. The Hall–Kier alpha value is -2.17. The van der Waals surface area contributed by atoms with E-state index in [1.54, 1.807) is 19.1 Å². The zero-order chi connectivity index (χ0) is 14.8. The second-order valence-corrected chi connectivity index (χ2v) is 6.06. The largest absolute Gasteiger partial charge is 0.478 e. The van der Waals surface area contributed by atoms with Crippen LogP contribution in [-0.2, 0) is 9.59 Å². The van der Waals surface area contributed by atoms with Crippen molar-refractivity contribution in [2.24, 2.45) is 17.3 Å². The van der Waals surface area contributed by atoms with Gasteiger partial charge < -0.3 is 5.11 Å². The average molecular weight is 273 g/mol. The fourth-order valence-corrected chi connectivity index (χ4v) is 3.30. The third kappa shape index (κ3) is 1.40. The topological polar surface area (TPSA) is 74.7 Å². The van der Waals surface area contributed by atoms with Crippen LogP contribution >= 0.6 is 0 Å². The van der Waals surface area contributed by atoms with Gasteiger partial charge in [0, 0.05) is 0 Å². The van der Waals surface area contributed by atoms with Crippen molar-refractivity contribution in [1.29, 1.82) is 0 Å². The molecule has 1 saturated heterocycles. The first-order valence-corrected chi connectivity index (χ1v) is 6.49. The number of amides is 2. The lowest BCUT2D eigenvalue weighted by Crippen LogP contribution is -2.37. The lowest BCUT2D eigenvalue weighted by Gasteiger charge is -2.22. The summed E-state index contributed by atoms with van der Waals surface area (Å²) in [5, 5.41) is 9.31. The van der Waals surface area contributed by atoms with Gasteiger partial charge in [0.2, 0.25) is 11.8 Å². The number of hydrogen-bond acceptors (Lipinski definition) is 3. The minimum atomic E-state index is -1.13. The minimum Gasteiger partial charge on any atom is -0.478 e. The van der Waals surface area contributed by atoms with E-state index in [2.05, 4.69) is 0 Å². The smallest absolute Gasteiger partial charge is 0.338 e.